The minimum absolute atomic E-state index is 0.0412. The van der Waals surface area contributed by atoms with Gasteiger partial charge in [0.1, 0.15) is 12.4 Å². The molecule has 28 heavy (non-hydrogen) atoms. The number of rotatable bonds is 6. The second-order valence-electron chi connectivity index (χ2n) is 6.12. The summed E-state index contributed by atoms with van der Waals surface area (Å²) in [6, 6.07) is 18.1. The fraction of sp³-hybridized carbons (Fsp3) is 0.0952. The van der Waals surface area contributed by atoms with Gasteiger partial charge in [0.25, 0.3) is 5.69 Å². The Bertz CT molecular complexity index is 994. The summed E-state index contributed by atoms with van der Waals surface area (Å²) in [4.78, 5) is 14.6. The minimum atomic E-state index is -0.433. The summed E-state index contributed by atoms with van der Waals surface area (Å²) < 4.78 is 7.55. The van der Waals surface area contributed by atoms with Crippen molar-refractivity contribution >= 4 is 49.4 Å². The van der Waals surface area contributed by atoms with E-state index in [0.717, 1.165) is 20.1 Å². The molecule has 3 aromatic carbocycles. The second kappa shape index (κ2) is 9.12. The molecule has 0 amide bonds. The van der Waals surface area contributed by atoms with Gasteiger partial charge < -0.3 is 4.74 Å². The lowest BCUT2D eigenvalue weighted by atomic mass is 10.2. The van der Waals surface area contributed by atoms with E-state index in [9.17, 15) is 10.1 Å². The van der Waals surface area contributed by atoms with Crippen molar-refractivity contribution in [1.29, 1.82) is 0 Å². The average Bonchev–Trinajstić information content (AvgIpc) is 2.67. The molecular weight excluding hydrogens is 488 g/mol. The number of hydrogen-bond acceptors (Lipinski definition) is 4. The second-order valence-corrected chi connectivity index (χ2v) is 7.83. The smallest absolute Gasteiger partial charge is 0.269 e. The molecule has 0 heterocycles. The summed E-state index contributed by atoms with van der Waals surface area (Å²) in [5.74, 6) is 0.716. The molecule has 0 aliphatic heterocycles. The molecule has 0 saturated carbocycles. The van der Waals surface area contributed by atoms with Crippen LogP contribution in [0.2, 0.25) is 0 Å². The largest absolute Gasteiger partial charge is 0.487 e. The predicted molar refractivity (Wildman–Crippen MR) is 118 cm³/mol. The van der Waals surface area contributed by atoms with Crippen molar-refractivity contribution in [2.45, 2.75) is 13.5 Å². The van der Waals surface area contributed by atoms with Gasteiger partial charge in [-0.1, -0.05) is 29.8 Å². The number of nitrogens with zero attached hydrogens (tertiary/aromatic N) is 2. The Labute approximate surface area is 179 Å². The molecule has 7 heteroatoms. The molecule has 0 unspecified atom stereocenters. The Morgan fingerprint density at radius 2 is 1.64 bits per heavy atom. The molecule has 0 aliphatic rings. The molecule has 0 spiro atoms. The standard InChI is InChI=1S/C21H16Br2N2O3/c1-14-2-4-15(5-3-14)13-28-21-19(22)10-16(11-20(21)23)12-24-17-6-8-18(9-7-17)25(26)27/h2-12H,13H2,1H3. The maximum absolute atomic E-state index is 10.7. The molecule has 0 atom stereocenters. The Morgan fingerprint density at radius 1 is 1.04 bits per heavy atom. The first-order valence-corrected chi connectivity index (χ1v) is 9.97. The van der Waals surface area contributed by atoms with Crippen LogP contribution in [0.4, 0.5) is 11.4 Å². The van der Waals surface area contributed by atoms with Crippen LogP contribution in [0.15, 0.2) is 74.6 Å². The number of aryl methyl sites for hydroxylation is 1. The molecule has 0 saturated heterocycles. The van der Waals surface area contributed by atoms with Gasteiger partial charge in [-0.2, -0.15) is 0 Å². The van der Waals surface area contributed by atoms with Gasteiger partial charge in [-0.05, 0) is 74.2 Å². The minimum Gasteiger partial charge on any atom is -0.487 e. The topological polar surface area (TPSA) is 64.7 Å². The highest BCUT2D eigenvalue weighted by molar-refractivity contribution is 9.11. The van der Waals surface area contributed by atoms with E-state index in [1.165, 1.54) is 17.7 Å². The predicted octanol–water partition coefficient (Wildman–Crippen LogP) is 6.76. The van der Waals surface area contributed by atoms with Gasteiger partial charge in [-0.15, -0.1) is 0 Å². The molecule has 0 N–H and O–H groups in total. The first-order chi connectivity index (χ1) is 13.4. The van der Waals surface area contributed by atoms with Crippen LogP contribution in [0.1, 0.15) is 16.7 Å². The van der Waals surface area contributed by atoms with Crippen LogP contribution in [-0.4, -0.2) is 11.1 Å². The average molecular weight is 504 g/mol. The number of ether oxygens (including phenoxy) is 1. The maximum atomic E-state index is 10.7. The van der Waals surface area contributed by atoms with Gasteiger partial charge in [-0.25, -0.2) is 0 Å². The van der Waals surface area contributed by atoms with Crippen LogP contribution in [0.25, 0.3) is 0 Å². The van der Waals surface area contributed by atoms with E-state index in [0.29, 0.717) is 18.0 Å². The summed E-state index contributed by atoms with van der Waals surface area (Å²) in [6.45, 7) is 2.52. The van der Waals surface area contributed by atoms with Crippen molar-refractivity contribution in [3.05, 3.63) is 96.4 Å². The number of halogens is 2. The third kappa shape index (κ3) is 5.27. The fourth-order valence-electron chi connectivity index (χ4n) is 2.44. The SMILES string of the molecule is Cc1ccc(COc2c(Br)cc(C=Nc3ccc([N+](=O)[O-])cc3)cc2Br)cc1. The van der Waals surface area contributed by atoms with E-state index in [4.69, 9.17) is 4.74 Å². The zero-order valence-electron chi connectivity index (χ0n) is 14.9. The van der Waals surface area contributed by atoms with Crippen LogP contribution in [0.3, 0.4) is 0 Å². The van der Waals surface area contributed by atoms with E-state index in [-0.39, 0.29) is 5.69 Å². The Kier molecular flexibility index (Phi) is 6.59. The number of hydrogen-bond donors (Lipinski definition) is 0. The van der Waals surface area contributed by atoms with Crippen molar-refractivity contribution in [3.8, 4) is 5.75 Å². The van der Waals surface area contributed by atoms with E-state index in [1.807, 2.05) is 24.3 Å². The molecule has 5 nitrogen and oxygen atoms in total. The highest BCUT2D eigenvalue weighted by Gasteiger charge is 2.09. The fourth-order valence-corrected chi connectivity index (χ4v) is 3.89. The number of nitro benzene ring substituents is 1. The van der Waals surface area contributed by atoms with E-state index in [1.54, 1.807) is 18.3 Å². The third-order valence-corrected chi connectivity index (χ3v) is 5.13. The Balaban J connectivity index is 1.71. The summed E-state index contributed by atoms with van der Waals surface area (Å²) in [7, 11) is 0. The van der Waals surface area contributed by atoms with Gasteiger partial charge >= 0.3 is 0 Å². The zero-order chi connectivity index (χ0) is 20.1. The molecule has 0 fully saturated rings. The molecule has 0 radical (unpaired) electrons. The van der Waals surface area contributed by atoms with E-state index >= 15 is 0 Å². The summed E-state index contributed by atoms with van der Waals surface area (Å²) in [5, 5.41) is 10.7. The molecular formula is C21H16Br2N2O3. The van der Waals surface area contributed by atoms with E-state index in [2.05, 4.69) is 55.9 Å². The first kappa shape index (κ1) is 20.2. The van der Waals surface area contributed by atoms with Crippen molar-refractivity contribution < 1.29 is 9.66 Å². The highest BCUT2D eigenvalue weighted by atomic mass is 79.9. The van der Waals surface area contributed by atoms with Crippen LogP contribution in [0.5, 0.6) is 5.75 Å². The van der Waals surface area contributed by atoms with Gasteiger partial charge in [0.05, 0.1) is 19.6 Å². The number of aliphatic imine (C=N–C) groups is 1. The zero-order valence-corrected chi connectivity index (χ0v) is 18.1. The lowest BCUT2D eigenvalue weighted by Gasteiger charge is -2.11. The third-order valence-electron chi connectivity index (χ3n) is 3.95. The maximum Gasteiger partial charge on any atom is 0.269 e. The number of non-ortho nitro benzene ring substituents is 1. The van der Waals surface area contributed by atoms with Crippen molar-refractivity contribution in [2.24, 2.45) is 4.99 Å². The van der Waals surface area contributed by atoms with Crippen LogP contribution >= 0.6 is 31.9 Å². The normalized spacial score (nSPS) is 11.0. The van der Waals surface area contributed by atoms with Crippen molar-refractivity contribution in [1.82, 2.24) is 0 Å². The molecule has 0 aliphatic carbocycles. The molecule has 0 bridgehead atoms. The molecule has 142 valence electrons. The van der Waals surface area contributed by atoms with Gasteiger partial charge in [0.2, 0.25) is 0 Å². The quantitative estimate of drug-likeness (QED) is 0.212. The van der Waals surface area contributed by atoms with Gasteiger partial charge in [0, 0.05) is 18.3 Å². The molecule has 3 rings (SSSR count). The highest BCUT2D eigenvalue weighted by Crippen LogP contribution is 2.35. The van der Waals surface area contributed by atoms with Gasteiger partial charge in [-0.3, -0.25) is 15.1 Å². The van der Waals surface area contributed by atoms with Crippen LogP contribution in [-0.2, 0) is 6.61 Å². The molecule has 3 aromatic rings. The van der Waals surface area contributed by atoms with Crippen molar-refractivity contribution in [3.63, 3.8) is 0 Å². The molecule has 0 aromatic heterocycles. The van der Waals surface area contributed by atoms with Crippen LogP contribution < -0.4 is 4.74 Å². The lowest BCUT2D eigenvalue weighted by molar-refractivity contribution is -0.384. The summed E-state index contributed by atoms with van der Waals surface area (Å²) in [6.07, 6.45) is 1.69. The Hall–Kier alpha value is -2.51. The monoisotopic (exact) mass is 502 g/mol. The van der Waals surface area contributed by atoms with Crippen molar-refractivity contribution in [2.75, 3.05) is 0 Å². The van der Waals surface area contributed by atoms with Gasteiger partial charge in [0.15, 0.2) is 0 Å². The lowest BCUT2D eigenvalue weighted by Crippen LogP contribution is -1.98. The number of benzene rings is 3. The van der Waals surface area contributed by atoms with Crippen LogP contribution in [0, 0.1) is 17.0 Å². The Morgan fingerprint density at radius 3 is 2.21 bits per heavy atom. The first-order valence-electron chi connectivity index (χ1n) is 8.38. The summed E-state index contributed by atoms with van der Waals surface area (Å²) >= 11 is 7.09. The summed E-state index contributed by atoms with van der Waals surface area (Å²) in [5.41, 5.74) is 3.84. The van der Waals surface area contributed by atoms with E-state index < -0.39 is 4.92 Å². The number of nitro groups is 1.